The smallest absolute Gasteiger partial charge is 0.242 e. The number of amides is 2. The molecule has 5 heteroatoms. The van der Waals surface area contributed by atoms with Crippen molar-refractivity contribution in [3.05, 3.63) is 12.2 Å². The molecular formula is C12H18N2O2S. The van der Waals surface area contributed by atoms with E-state index in [2.05, 4.69) is 17.2 Å². The van der Waals surface area contributed by atoms with Crippen LogP contribution in [0.15, 0.2) is 12.2 Å². The predicted octanol–water partition coefficient (Wildman–Crippen LogP) is 1.66. The van der Waals surface area contributed by atoms with Gasteiger partial charge in [0.25, 0.3) is 0 Å². The molecule has 1 fully saturated rings. The largest absolute Gasteiger partial charge is 0.302 e. The molecule has 0 spiro atoms. The van der Waals surface area contributed by atoms with Crippen LogP contribution in [0.5, 0.6) is 0 Å². The minimum Gasteiger partial charge on any atom is -0.302 e. The predicted molar refractivity (Wildman–Crippen MR) is 70.3 cm³/mol. The van der Waals surface area contributed by atoms with Crippen molar-refractivity contribution < 1.29 is 9.59 Å². The normalized spacial score (nSPS) is 18.6. The van der Waals surface area contributed by atoms with Crippen molar-refractivity contribution in [1.29, 1.82) is 0 Å². The maximum Gasteiger partial charge on any atom is 0.242 e. The number of thiocarbonyl (C=S) groups is 1. The molecule has 1 aliphatic rings. The first kappa shape index (κ1) is 13.8. The number of hydrogen-bond donors (Lipinski definition) is 2. The van der Waals surface area contributed by atoms with E-state index in [1.807, 2.05) is 13.8 Å². The molecule has 1 aliphatic heterocycles. The quantitative estimate of drug-likeness (QED) is 0.445. The second-order valence-electron chi connectivity index (χ2n) is 4.56. The molecule has 0 atom stereocenters. The van der Waals surface area contributed by atoms with Crippen molar-refractivity contribution in [2.24, 2.45) is 5.41 Å². The molecule has 0 saturated carbocycles. The molecular weight excluding hydrogens is 236 g/mol. The Morgan fingerprint density at radius 2 is 1.88 bits per heavy atom. The molecule has 0 bridgehead atoms. The van der Waals surface area contributed by atoms with E-state index in [1.165, 1.54) is 0 Å². The van der Waals surface area contributed by atoms with Gasteiger partial charge in [-0.1, -0.05) is 25.3 Å². The topological polar surface area (TPSA) is 58.2 Å². The highest BCUT2D eigenvalue weighted by Crippen LogP contribution is 2.34. The second kappa shape index (κ2) is 5.40. The Morgan fingerprint density at radius 3 is 2.29 bits per heavy atom. The van der Waals surface area contributed by atoms with Gasteiger partial charge in [0.1, 0.15) is 5.41 Å². The van der Waals surface area contributed by atoms with E-state index in [0.717, 1.165) is 18.4 Å². The zero-order valence-corrected chi connectivity index (χ0v) is 11.1. The van der Waals surface area contributed by atoms with Gasteiger partial charge in [0, 0.05) is 0 Å². The van der Waals surface area contributed by atoms with Crippen LogP contribution in [-0.2, 0) is 9.59 Å². The Hall–Kier alpha value is -1.23. The average molecular weight is 254 g/mol. The molecule has 0 aromatic rings. The number of rotatable bonds is 5. The highest BCUT2D eigenvalue weighted by molar-refractivity contribution is 7.80. The van der Waals surface area contributed by atoms with Crippen LogP contribution >= 0.6 is 12.2 Å². The Labute approximate surface area is 107 Å². The standard InChI is InChI=1S/C12H18N2O2S/c1-4-5-6-12(7-8(2)3)9(15)13-11(17)14-10(12)16/h2,4-7H2,1,3H3,(H2,13,14,15,16,17). The third-order valence-electron chi connectivity index (χ3n) is 2.88. The lowest BCUT2D eigenvalue weighted by molar-refractivity contribution is -0.144. The summed E-state index contributed by atoms with van der Waals surface area (Å²) in [7, 11) is 0. The van der Waals surface area contributed by atoms with Crippen molar-refractivity contribution in [3.8, 4) is 0 Å². The fourth-order valence-corrected chi connectivity index (χ4v) is 2.23. The van der Waals surface area contributed by atoms with Crippen LogP contribution in [0, 0.1) is 5.41 Å². The highest BCUT2D eigenvalue weighted by Gasteiger charge is 2.48. The van der Waals surface area contributed by atoms with Gasteiger partial charge in [0.05, 0.1) is 0 Å². The van der Waals surface area contributed by atoms with Crippen LogP contribution in [0.3, 0.4) is 0 Å². The Balaban J connectivity index is 3.01. The van der Waals surface area contributed by atoms with E-state index >= 15 is 0 Å². The summed E-state index contributed by atoms with van der Waals surface area (Å²) < 4.78 is 0. The Bertz CT molecular complexity index is 357. The fraction of sp³-hybridized carbons (Fsp3) is 0.583. The molecule has 2 N–H and O–H groups in total. The number of carbonyl (C=O) groups is 2. The van der Waals surface area contributed by atoms with E-state index in [4.69, 9.17) is 12.2 Å². The summed E-state index contributed by atoms with van der Waals surface area (Å²) in [6.45, 7) is 7.64. The van der Waals surface area contributed by atoms with Crippen LogP contribution in [0.25, 0.3) is 0 Å². The van der Waals surface area contributed by atoms with E-state index in [9.17, 15) is 9.59 Å². The van der Waals surface area contributed by atoms with Gasteiger partial charge in [0.15, 0.2) is 5.11 Å². The second-order valence-corrected chi connectivity index (χ2v) is 4.97. The molecule has 1 rings (SSSR count). The van der Waals surface area contributed by atoms with Gasteiger partial charge in [0.2, 0.25) is 11.8 Å². The molecule has 0 aromatic heterocycles. The minimum atomic E-state index is -1.04. The van der Waals surface area contributed by atoms with Crippen LogP contribution in [-0.4, -0.2) is 16.9 Å². The summed E-state index contributed by atoms with van der Waals surface area (Å²) >= 11 is 4.80. The third kappa shape index (κ3) is 2.91. The first-order valence-electron chi connectivity index (χ1n) is 5.73. The number of carbonyl (C=O) groups excluding carboxylic acids is 2. The molecule has 2 amide bonds. The number of nitrogens with one attached hydrogen (secondary N) is 2. The van der Waals surface area contributed by atoms with Crippen molar-refractivity contribution in [2.45, 2.75) is 39.5 Å². The van der Waals surface area contributed by atoms with Gasteiger partial charge in [-0.3, -0.25) is 9.59 Å². The van der Waals surface area contributed by atoms with Crippen molar-refractivity contribution >= 4 is 29.1 Å². The van der Waals surface area contributed by atoms with E-state index in [0.29, 0.717) is 12.8 Å². The Morgan fingerprint density at radius 1 is 1.35 bits per heavy atom. The average Bonchev–Trinajstić information content (AvgIpc) is 2.21. The summed E-state index contributed by atoms with van der Waals surface area (Å²) in [5.74, 6) is -0.606. The summed E-state index contributed by atoms with van der Waals surface area (Å²) in [4.78, 5) is 24.2. The highest BCUT2D eigenvalue weighted by atomic mass is 32.1. The first-order valence-corrected chi connectivity index (χ1v) is 6.14. The van der Waals surface area contributed by atoms with E-state index in [1.54, 1.807) is 0 Å². The lowest BCUT2D eigenvalue weighted by Crippen LogP contribution is -2.62. The van der Waals surface area contributed by atoms with Crippen LogP contribution < -0.4 is 10.6 Å². The van der Waals surface area contributed by atoms with Gasteiger partial charge in [-0.25, -0.2) is 0 Å². The van der Waals surface area contributed by atoms with Crippen LogP contribution in [0.1, 0.15) is 39.5 Å². The molecule has 0 aliphatic carbocycles. The zero-order chi connectivity index (χ0) is 13.1. The minimum absolute atomic E-state index is 0.0915. The number of unbranched alkanes of at least 4 members (excludes halogenated alkanes) is 1. The molecule has 17 heavy (non-hydrogen) atoms. The number of hydrogen-bond acceptors (Lipinski definition) is 3. The Kier molecular flexibility index (Phi) is 4.40. The van der Waals surface area contributed by atoms with Crippen molar-refractivity contribution in [3.63, 3.8) is 0 Å². The molecule has 1 saturated heterocycles. The summed E-state index contributed by atoms with van der Waals surface area (Å²) in [6.07, 6.45) is 2.65. The van der Waals surface area contributed by atoms with Gasteiger partial charge < -0.3 is 10.6 Å². The van der Waals surface area contributed by atoms with E-state index in [-0.39, 0.29) is 16.9 Å². The monoisotopic (exact) mass is 254 g/mol. The lowest BCUT2D eigenvalue weighted by atomic mass is 9.75. The van der Waals surface area contributed by atoms with Crippen LogP contribution in [0.4, 0.5) is 0 Å². The summed E-state index contributed by atoms with van der Waals surface area (Å²) in [5.41, 5.74) is -0.219. The SMILES string of the molecule is C=C(C)CC1(CCCC)C(=O)NC(=S)NC1=O. The van der Waals surface area contributed by atoms with Gasteiger partial charge in [-0.2, -0.15) is 0 Å². The lowest BCUT2D eigenvalue weighted by Gasteiger charge is -2.35. The molecule has 94 valence electrons. The molecule has 0 unspecified atom stereocenters. The molecule has 0 radical (unpaired) electrons. The van der Waals surface area contributed by atoms with Crippen LogP contribution in [0.2, 0.25) is 0 Å². The zero-order valence-electron chi connectivity index (χ0n) is 10.3. The molecule has 0 aromatic carbocycles. The van der Waals surface area contributed by atoms with Gasteiger partial charge >= 0.3 is 0 Å². The summed E-state index contributed by atoms with van der Waals surface area (Å²) in [6, 6.07) is 0. The summed E-state index contributed by atoms with van der Waals surface area (Å²) in [5, 5.41) is 5.16. The maximum atomic E-state index is 12.1. The van der Waals surface area contributed by atoms with Crippen molar-refractivity contribution in [2.75, 3.05) is 0 Å². The van der Waals surface area contributed by atoms with Gasteiger partial charge in [-0.05, 0) is 32.0 Å². The molecule has 4 nitrogen and oxygen atoms in total. The van der Waals surface area contributed by atoms with E-state index < -0.39 is 5.41 Å². The van der Waals surface area contributed by atoms with Crippen molar-refractivity contribution in [1.82, 2.24) is 10.6 Å². The maximum absolute atomic E-state index is 12.1. The molecule has 1 heterocycles. The fourth-order valence-electron chi connectivity index (χ4n) is 2.05. The van der Waals surface area contributed by atoms with Gasteiger partial charge in [-0.15, -0.1) is 6.58 Å². The number of allylic oxidation sites excluding steroid dienone is 1. The first-order chi connectivity index (χ1) is 7.92. The third-order valence-corrected chi connectivity index (χ3v) is 3.09.